The van der Waals surface area contributed by atoms with E-state index in [0.29, 0.717) is 18.5 Å². The second kappa shape index (κ2) is 8.32. The maximum Gasteiger partial charge on any atom is 0.188 e. The van der Waals surface area contributed by atoms with E-state index in [1.165, 1.54) is 6.42 Å². The monoisotopic (exact) mass is 256 g/mol. The van der Waals surface area contributed by atoms with Gasteiger partial charge >= 0.3 is 0 Å². The van der Waals surface area contributed by atoms with Gasteiger partial charge in [0.05, 0.1) is 12.6 Å². The SMILES string of the molecule is CCC(C)N(C)CCNC(N)=NCC1CCCO1. The van der Waals surface area contributed by atoms with Crippen LogP contribution in [0.5, 0.6) is 0 Å². The van der Waals surface area contributed by atoms with Gasteiger partial charge in [-0.15, -0.1) is 0 Å². The normalized spacial score (nSPS) is 22.4. The van der Waals surface area contributed by atoms with Crippen molar-refractivity contribution in [1.82, 2.24) is 10.2 Å². The second-order valence-electron chi connectivity index (χ2n) is 5.03. The van der Waals surface area contributed by atoms with Crippen LogP contribution in [0.4, 0.5) is 0 Å². The number of hydrogen-bond acceptors (Lipinski definition) is 3. The molecule has 18 heavy (non-hydrogen) atoms. The summed E-state index contributed by atoms with van der Waals surface area (Å²) in [6.45, 7) is 7.79. The number of rotatable bonds is 7. The van der Waals surface area contributed by atoms with Crippen molar-refractivity contribution < 1.29 is 4.74 Å². The van der Waals surface area contributed by atoms with Crippen LogP contribution in [0.2, 0.25) is 0 Å². The van der Waals surface area contributed by atoms with Gasteiger partial charge in [0.25, 0.3) is 0 Å². The van der Waals surface area contributed by atoms with Crippen LogP contribution in [0, 0.1) is 0 Å². The number of guanidine groups is 1. The molecule has 5 heteroatoms. The molecule has 1 saturated heterocycles. The van der Waals surface area contributed by atoms with Gasteiger partial charge in [-0.2, -0.15) is 0 Å². The number of nitrogens with zero attached hydrogens (tertiary/aromatic N) is 2. The molecule has 0 saturated carbocycles. The molecule has 1 rings (SSSR count). The number of nitrogens with two attached hydrogens (primary N) is 1. The average Bonchev–Trinajstić information content (AvgIpc) is 2.88. The molecule has 1 aliphatic heterocycles. The molecule has 0 aromatic carbocycles. The van der Waals surface area contributed by atoms with Crippen LogP contribution in [0.1, 0.15) is 33.1 Å². The quantitative estimate of drug-likeness (QED) is 0.522. The zero-order valence-electron chi connectivity index (χ0n) is 12.0. The van der Waals surface area contributed by atoms with Gasteiger partial charge in [0.15, 0.2) is 5.96 Å². The molecule has 0 aromatic heterocycles. The number of likely N-dealkylation sites (N-methyl/N-ethyl adjacent to an activating group) is 1. The van der Waals surface area contributed by atoms with E-state index in [1.54, 1.807) is 0 Å². The smallest absolute Gasteiger partial charge is 0.188 e. The lowest BCUT2D eigenvalue weighted by molar-refractivity contribution is 0.117. The first kappa shape index (κ1) is 15.2. The van der Waals surface area contributed by atoms with E-state index in [2.05, 4.69) is 36.1 Å². The highest BCUT2D eigenvalue weighted by Gasteiger charge is 2.14. The molecule has 5 nitrogen and oxygen atoms in total. The molecule has 0 bridgehead atoms. The van der Waals surface area contributed by atoms with Gasteiger partial charge in [-0.3, -0.25) is 4.99 Å². The molecule has 0 radical (unpaired) electrons. The van der Waals surface area contributed by atoms with Crippen LogP contribution in [-0.4, -0.2) is 56.3 Å². The van der Waals surface area contributed by atoms with Crippen molar-refractivity contribution in [3.63, 3.8) is 0 Å². The minimum atomic E-state index is 0.271. The van der Waals surface area contributed by atoms with Crippen molar-refractivity contribution >= 4 is 5.96 Å². The first-order valence-electron chi connectivity index (χ1n) is 6.99. The van der Waals surface area contributed by atoms with Crippen LogP contribution < -0.4 is 11.1 Å². The van der Waals surface area contributed by atoms with E-state index in [0.717, 1.165) is 32.5 Å². The molecular weight excluding hydrogens is 228 g/mol. The van der Waals surface area contributed by atoms with Crippen LogP contribution in [0.25, 0.3) is 0 Å². The Labute approximate surface area is 111 Å². The Morgan fingerprint density at radius 3 is 3.00 bits per heavy atom. The molecule has 106 valence electrons. The fourth-order valence-electron chi connectivity index (χ4n) is 1.94. The Kier molecular flexibility index (Phi) is 7.05. The van der Waals surface area contributed by atoms with Gasteiger partial charge in [-0.05, 0) is 33.2 Å². The summed E-state index contributed by atoms with van der Waals surface area (Å²) < 4.78 is 5.49. The third-order valence-electron chi connectivity index (χ3n) is 3.60. The van der Waals surface area contributed by atoms with Gasteiger partial charge in [0, 0.05) is 25.7 Å². The van der Waals surface area contributed by atoms with Gasteiger partial charge in [-0.1, -0.05) is 6.92 Å². The fraction of sp³-hybridized carbons (Fsp3) is 0.923. The second-order valence-corrected chi connectivity index (χ2v) is 5.03. The van der Waals surface area contributed by atoms with E-state index in [-0.39, 0.29) is 6.10 Å². The summed E-state index contributed by atoms with van der Waals surface area (Å²) in [5, 5.41) is 3.15. The fourth-order valence-corrected chi connectivity index (χ4v) is 1.94. The summed E-state index contributed by atoms with van der Waals surface area (Å²) in [5.41, 5.74) is 5.81. The molecule has 1 fully saturated rings. The number of aliphatic imine (C=N–C) groups is 1. The Bertz CT molecular complexity index is 251. The zero-order chi connectivity index (χ0) is 13.4. The van der Waals surface area contributed by atoms with E-state index in [1.807, 2.05) is 0 Å². The highest BCUT2D eigenvalue weighted by Crippen LogP contribution is 2.11. The van der Waals surface area contributed by atoms with Gasteiger partial charge in [0.2, 0.25) is 0 Å². The number of hydrogen-bond donors (Lipinski definition) is 2. The minimum Gasteiger partial charge on any atom is -0.376 e. The summed E-state index contributed by atoms with van der Waals surface area (Å²) in [6, 6.07) is 0.608. The Morgan fingerprint density at radius 2 is 2.39 bits per heavy atom. The Hall–Kier alpha value is -0.810. The van der Waals surface area contributed by atoms with Crippen LogP contribution in [-0.2, 0) is 4.74 Å². The predicted octanol–water partition coefficient (Wildman–Crippen LogP) is 0.800. The van der Waals surface area contributed by atoms with Crippen LogP contribution in [0.3, 0.4) is 0 Å². The molecule has 1 heterocycles. The highest BCUT2D eigenvalue weighted by molar-refractivity contribution is 5.77. The van der Waals surface area contributed by atoms with Crippen molar-refractivity contribution in [2.45, 2.75) is 45.3 Å². The summed E-state index contributed by atoms with van der Waals surface area (Å²) in [4.78, 5) is 6.63. The molecule has 2 atom stereocenters. The summed E-state index contributed by atoms with van der Waals surface area (Å²) in [6.07, 6.45) is 3.69. The van der Waals surface area contributed by atoms with E-state index >= 15 is 0 Å². The molecule has 3 N–H and O–H groups in total. The first-order valence-corrected chi connectivity index (χ1v) is 6.99. The molecule has 2 unspecified atom stereocenters. The largest absolute Gasteiger partial charge is 0.376 e. The lowest BCUT2D eigenvalue weighted by Gasteiger charge is -2.23. The van der Waals surface area contributed by atoms with Crippen LogP contribution >= 0.6 is 0 Å². The molecule has 0 amide bonds. The van der Waals surface area contributed by atoms with Crippen molar-refractivity contribution in [2.24, 2.45) is 10.7 Å². The van der Waals surface area contributed by atoms with E-state index in [9.17, 15) is 0 Å². The lowest BCUT2D eigenvalue weighted by Crippen LogP contribution is -2.40. The topological polar surface area (TPSA) is 62.9 Å². The molecule has 0 aromatic rings. The summed E-state index contributed by atoms with van der Waals surface area (Å²) in [5.74, 6) is 0.531. The third kappa shape index (κ3) is 5.69. The summed E-state index contributed by atoms with van der Waals surface area (Å²) >= 11 is 0. The van der Waals surface area contributed by atoms with E-state index < -0.39 is 0 Å². The summed E-state index contributed by atoms with van der Waals surface area (Å²) in [7, 11) is 2.13. The van der Waals surface area contributed by atoms with Gasteiger partial charge in [0.1, 0.15) is 0 Å². The maximum absolute atomic E-state index is 5.81. The van der Waals surface area contributed by atoms with Gasteiger partial charge < -0.3 is 20.7 Å². The molecule has 1 aliphatic rings. The third-order valence-corrected chi connectivity index (χ3v) is 3.60. The Morgan fingerprint density at radius 1 is 1.61 bits per heavy atom. The predicted molar refractivity (Wildman–Crippen MR) is 75.8 cm³/mol. The zero-order valence-corrected chi connectivity index (χ0v) is 12.0. The van der Waals surface area contributed by atoms with E-state index in [4.69, 9.17) is 10.5 Å². The van der Waals surface area contributed by atoms with Gasteiger partial charge in [-0.25, -0.2) is 0 Å². The Balaban J connectivity index is 2.11. The van der Waals surface area contributed by atoms with Crippen LogP contribution in [0.15, 0.2) is 4.99 Å². The minimum absolute atomic E-state index is 0.271. The standard InChI is InChI=1S/C13H28N4O/c1-4-11(2)17(3)8-7-15-13(14)16-10-12-6-5-9-18-12/h11-12H,4-10H2,1-3H3,(H3,14,15,16). The molecule has 0 aliphatic carbocycles. The molecule has 0 spiro atoms. The van der Waals surface area contributed by atoms with Crippen molar-refractivity contribution in [3.05, 3.63) is 0 Å². The van der Waals surface area contributed by atoms with Crippen molar-refractivity contribution in [1.29, 1.82) is 0 Å². The highest BCUT2D eigenvalue weighted by atomic mass is 16.5. The molecular formula is C13H28N4O. The maximum atomic E-state index is 5.81. The van der Waals surface area contributed by atoms with Crippen molar-refractivity contribution in [3.8, 4) is 0 Å². The van der Waals surface area contributed by atoms with Crippen molar-refractivity contribution in [2.75, 3.05) is 33.3 Å². The lowest BCUT2D eigenvalue weighted by atomic mass is 10.2. The number of ether oxygens (including phenoxy) is 1. The average molecular weight is 256 g/mol. The number of nitrogens with one attached hydrogen (secondary N) is 1. The first-order chi connectivity index (χ1) is 8.63.